The molecule has 11 heteroatoms. The molecule has 0 aliphatic carbocycles. The summed E-state index contributed by atoms with van der Waals surface area (Å²) < 4.78 is 55.2. The van der Waals surface area contributed by atoms with Crippen LogP contribution in [0.4, 0.5) is 4.39 Å². The normalized spacial score (nSPS) is 29.0. The number of piperidine rings is 5. The fourth-order valence-electron chi connectivity index (χ4n) is 13.5. The molecule has 5 aliphatic rings. The monoisotopic (exact) mass is 872 g/mol. The van der Waals surface area contributed by atoms with E-state index in [0.717, 1.165) is 12.8 Å². The summed E-state index contributed by atoms with van der Waals surface area (Å²) in [6, 6.07) is 0. The third-order valence-corrected chi connectivity index (χ3v) is 13.4. The van der Waals surface area contributed by atoms with Crippen LogP contribution in [-0.4, -0.2) is 85.9 Å². The summed E-state index contributed by atoms with van der Waals surface area (Å²) in [5.74, 6) is 0.478. The lowest BCUT2D eigenvalue weighted by Crippen LogP contribution is -2.60. The van der Waals surface area contributed by atoms with E-state index in [-0.39, 0.29) is 109 Å². The minimum atomic E-state index is -0.587. The van der Waals surface area contributed by atoms with E-state index in [2.05, 4.69) is 165 Å². The Kier molecular flexibility index (Phi) is 12.8. The number of benzene rings is 1. The molecule has 5 saturated heterocycles. The van der Waals surface area contributed by atoms with Gasteiger partial charge in [-0.3, -0.25) is 0 Å². The van der Waals surface area contributed by atoms with Crippen LogP contribution < -0.4 is 50.3 Å². The highest BCUT2D eigenvalue weighted by atomic mass is 19.1. The van der Waals surface area contributed by atoms with Crippen LogP contribution in [0.5, 0.6) is 28.7 Å². The highest BCUT2D eigenvalue weighted by molar-refractivity contribution is 5.67. The fourth-order valence-corrected chi connectivity index (χ4v) is 13.5. The first kappa shape index (κ1) is 49.4. The van der Waals surface area contributed by atoms with Gasteiger partial charge < -0.3 is 50.3 Å². The molecule has 0 aromatic heterocycles. The van der Waals surface area contributed by atoms with Crippen LogP contribution in [-0.2, 0) is 0 Å². The van der Waals surface area contributed by atoms with Gasteiger partial charge in [0.05, 0.1) is 0 Å². The first-order valence-corrected chi connectivity index (χ1v) is 24.0. The minimum absolute atomic E-state index is 0.0564. The second-order valence-corrected chi connectivity index (χ2v) is 27.2. The molecular formula is C51H90FN5O5. The van der Waals surface area contributed by atoms with E-state index < -0.39 is 5.82 Å². The molecule has 356 valence electrons. The number of halogens is 1. The SMILES string of the molecule is CC1(C)CC(Oc2c(F)c(OC3CC(C)(C)NC(C)(C)C3)c(OC3CC(C)(C)NC(C)(C)C3)c(OC3CC(C)(C)NC(C)(C)C3)c2OC2CC(C)(C)NC(C)(C)C2)CC(C)(C)N1. The van der Waals surface area contributed by atoms with Crippen LogP contribution in [0.1, 0.15) is 203 Å². The third-order valence-electron chi connectivity index (χ3n) is 13.4. The molecule has 5 heterocycles. The van der Waals surface area contributed by atoms with Gasteiger partial charge in [-0.05, 0) is 138 Å². The first-order valence-electron chi connectivity index (χ1n) is 24.0. The molecule has 6 rings (SSSR count). The molecule has 0 unspecified atom stereocenters. The van der Waals surface area contributed by atoms with Crippen LogP contribution in [0.25, 0.3) is 0 Å². The van der Waals surface area contributed by atoms with Crippen molar-refractivity contribution in [2.24, 2.45) is 0 Å². The number of rotatable bonds is 10. The number of hydrogen-bond acceptors (Lipinski definition) is 10. The summed E-state index contributed by atoms with van der Waals surface area (Å²) >= 11 is 0. The van der Waals surface area contributed by atoms with E-state index in [1.54, 1.807) is 0 Å². The lowest BCUT2D eigenvalue weighted by Gasteiger charge is -2.48. The van der Waals surface area contributed by atoms with Crippen LogP contribution in [0.2, 0.25) is 0 Å². The average Bonchev–Trinajstić information content (AvgIpc) is 2.95. The van der Waals surface area contributed by atoms with Crippen LogP contribution in [0, 0.1) is 5.82 Å². The highest BCUT2D eigenvalue weighted by Gasteiger charge is 2.48. The zero-order valence-corrected chi connectivity index (χ0v) is 42.9. The standard InChI is InChI=1S/C51H90FN5O5/c1-42(2)21-31(22-43(3,4)53-42)58-37-36(52)38(59-32-23-44(5,6)54-45(7,8)24-32)40(61-34-27-48(13,14)56-49(15,16)28-34)41(62-35-29-50(17,18)57-51(19,20)30-35)39(37)60-33-25-46(9,10)55-47(11,12)26-33/h31-35,53-57H,21-30H2,1-20H3. The predicted octanol–water partition coefficient (Wildman–Crippen LogP) is 10.3. The lowest BCUT2D eigenvalue weighted by molar-refractivity contribution is 0.0145. The number of hydrogen-bond donors (Lipinski definition) is 5. The third kappa shape index (κ3) is 12.6. The van der Waals surface area contributed by atoms with Crippen molar-refractivity contribution in [3.05, 3.63) is 5.82 Å². The van der Waals surface area contributed by atoms with Crippen LogP contribution in [0.3, 0.4) is 0 Å². The largest absolute Gasteiger partial charge is 0.483 e. The Balaban J connectivity index is 1.62. The smallest absolute Gasteiger partial charge is 0.214 e. The van der Waals surface area contributed by atoms with Crippen molar-refractivity contribution in [3.63, 3.8) is 0 Å². The lowest BCUT2D eigenvalue weighted by atomic mass is 9.80. The first-order chi connectivity index (χ1) is 27.8. The van der Waals surface area contributed by atoms with Crippen molar-refractivity contribution < 1.29 is 28.1 Å². The maximum Gasteiger partial charge on any atom is 0.214 e. The molecule has 5 N–H and O–H groups in total. The quantitative estimate of drug-likeness (QED) is 0.156. The summed E-state index contributed by atoms with van der Waals surface area (Å²) in [6.45, 7) is 44.2. The van der Waals surface area contributed by atoms with Crippen LogP contribution >= 0.6 is 0 Å². The average molecular weight is 872 g/mol. The molecule has 0 radical (unpaired) electrons. The fraction of sp³-hybridized carbons (Fsp3) is 0.882. The zero-order chi connectivity index (χ0) is 46.5. The Morgan fingerprint density at radius 3 is 0.565 bits per heavy atom. The highest BCUT2D eigenvalue weighted by Crippen LogP contribution is 2.57. The Hall–Kier alpha value is -2.05. The molecule has 5 fully saturated rings. The summed E-state index contributed by atoms with van der Waals surface area (Å²) in [5, 5.41) is 19.1. The van der Waals surface area contributed by atoms with E-state index in [1.165, 1.54) is 0 Å². The Morgan fingerprint density at radius 2 is 0.403 bits per heavy atom. The van der Waals surface area contributed by atoms with Crippen molar-refractivity contribution in [3.8, 4) is 28.7 Å². The summed E-state index contributed by atoms with van der Waals surface area (Å²) in [4.78, 5) is 0. The topological polar surface area (TPSA) is 106 Å². The van der Waals surface area contributed by atoms with Crippen molar-refractivity contribution >= 4 is 0 Å². The molecule has 10 nitrogen and oxygen atoms in total. The molecule has 1 aromatic rings. The van der Waals surface area contributed by atoms with Gasteiger partial charge in [-0.25, -0.2) is 0 Å². The van der Waals surface area contributed by atoms with Gasteiger partial charge in [0.25, 0.3) is 0 Å². The molecular weight excluding hydrogens is 782 g/mol. The Bertz CT molecular complexity index is 1610. The van der Waals surface area contributed by atoms with E-state index in [0.29, 0.717) is 57.1 Å². The Labute approximate surface area is 376 Å². The molecule has 1 aromatic carbocycles. The van der Waals surface area contributed by atoms with Gasteiger partial charge in [-0.1, -0.05) is 0 Å². The van der Waals surface area contributed by atoms with Gasteiger partial charge >= 0.3 is 0 Å². The minimum Gasteiger partial charge on any atom is -0.483 e. The Morgan fingerprint density at radius 1 is 0.274 bits per heavy atom. The van der Waals surface area contributed by atoms with Crippen molar-refractivity contribution in [1.29, 1.82) is 0 Å². The summed E-state index contributed by atoms with van der Waals surface area (Å²) in [7, 11) is 0. The molecule has 0 amide bonds. The van der Waals surface area contributed by atoms with E-state index in [4.69, 9.17) is 23.7 Å². The maximum atomic E-state index is 18.7. The molecule has 0 bridgehead atoms. The zero-order valence-electron chi connectivity index (χ0n) is 42.9. The van der Waals surface area contributed by atoms with Crippen molar-refractivity contribution in [1.82, 2.24) is 26.6 Å². The summed E-state index contributed by atoms with van der Waals surface area (Å²) in [5.41, 5.74) is -2.38. The summed E-state index contributed by atoms with van der Waals surface area (Å²) in [6.07, 6.45) is 5.61. The van der Waals surface area contributed by atoms with Gasteiger partial charge in [0.2, 0.25) is 34.6 Å². The maximum absolute atomic E-state index is 18.7. The number of ether oxygens (including phenoxy) is 5. The van der Waals surface area contributed by atoms with Gasteiger partial charge in [0.15, 0.2) is 0 Å². The molecule has 0 saturated carbocycles. The number of nitrogens with one attached hydrogen (secondary N) is 5. The van der Waals surface area contributed by atoms with Crippen molar-refractivity contribution in [2.75, 3.05) is 0 Å². The van der Waals surface area contributed by atoms with Gasteiger partial charge in [0.1, 0.15) is 30.5 Å². The molecule has 62 heavy (non-hydrogen) atoms. The van der Waals surface area contributed by atoms with Gasteiger partial charge in [-0.15, -0.1) is 0 Å². The molecule has 0 atom stereocenters. The molecule has 5 aliphatic heterocycles. The van der Waals surface area contributed by atoms with Gasteiger partial charge in [0, 0.05) is 120 Å². The van der Waals surface area contributed by atoms with E-state index >= 15 is 4.39 Å². The van der Waals surface area contributed by atoms with E-state index in [1.807, 2.05) is 0 Å². The van der Waals surface area contributed by atoms with E-state index in [9.17, 15) is 0 Å². The van der Waals surface area contributed by atoms with Gasteiger partial charge in [-0.2, -0.15) is 4.39 Å². The second kappa shape index (κ2) is 16.1. The predicted molar refractivity (Wildman–Crippen MR) is 251 cm³/mol. The van der Waals surface area contributed by atoms with Crippen LogP contribution in [0.15, 0.2) is 0 Å². The molecule has 0 spiro atoms. The second-order valence-electron chi connectivity index (χ2n) is 27.2. The van der Waals surface area contributed by atoms with Crippen molar-refractivity contribution in [2.45, 2.75) is 289 Å².